The molecule has 88 valence electrons. The van der Waals surface area contributed by atoms with E-state index >= 15 is 0 Å². The van der Waals surface area contributed by atoms with Gasteiger partial charge in [-0.25, -0.2) is 4.98 Å². The van der Waals surface area contributed by atoms with E-state index in [1.807, 2.05) is 6.07 Å². The number of anilines is 1. The van der Waals surface area contributed by atoms with Gasteiger partial charge in [-0.05, 0) is 18.9 Å². The third-order valence-electron chi connectivity index (χ3n) is 3.15. The molecule has 0 bridgehead atoms. The Labute approximate surface area is 95.9 Å². The van der Waals surface area contributed by atoms with Crippen molar-refractivity contribution in [3.8, 4) is 0 Å². The molecule has 4 N–H and O–H groups in total. The Balaban J connectivity index is 1.82. The summed E-state index contributed by atoms with van der Waals surface area (Å²) >= 11 is 0. The van der Waals surface area contributed by atoms with Gasteiger partial charge in [0.05, 0.1) is 6.10 Å². The van der Waals surface area contributed by atoms with Crippen molar-refractivity contribution in [3.05, 3.63) is 23.9 Å². The van der Waals surface area contributed by atoms with Crippen molar-refractivity contribution in [1.82, 2.24) is 10.3 Å². The van der Waals surface area contributed by atoms with Crippen molar-refractivity contribution in [3.63, 3.8) is 0 Å². The first-order valence-corrected chi connectivity index (χ1v) is 5.88. The summed E-state index contributed by atoms with van der Waals surface area (Å²) < 4.78 is 0. The van der Waals surface area contributed by atoms with Crippen LogP contribution in [0.1, 0.15) is 37.4 Å². The van der Waals surface area contributed by atoms with Crippen LogP contribution in [-0.2, 0) is 0 Å². The standard InChI is InChI=1S/C12H19N3O/c13-12-6-5-9(7-15-12)11(16)8-14-10-3-1-2-4-10/h5-7,10-11,14,16H,1-4,8H2,(H2,13,15)/t11-/m0/s1. The van der Waals surface area contributed by atoms with Crippen molar-refractivity contribution in [1.29, 1.82) is 0 Å². The van der Waals surface area contributed by atoms with E-state index in [9.17, 15) is 5.11 Å². The van der Waals surface area contributed by atoms with Gasteiger partial charge in [0, 0.05) is 24.3 Å². The Bertz CT molecular complexity index is 320. The summed E-state index contributed by atoms with van der Waals surface area (Å²) in [6, 6.07) is 4.12. The second-order valence-corrected chi connectivity index (χ2v) is 4.42. The van der Waals surface area contributed by atoms with Crippen molar-refractivity contribution >= 4 is 5.82 Å². The number of aliphatic hydroxyl groups is 1. The van der Waals surface area contributed by atoms with E-state index in [-0.39, 0.29) is 0 Å². The molecule has 0 amide bonds. The molecule has 1 heterocycles. The highest BCUT2D eigenvalue weighted by Crippen LogP contribution is 2.19. The maximum Gasteiger partial charge on any atom is 0.123 e. The average Bonchev–Trinajstić information content (AvgIpc) is 2.80. The largest absolute Gasteiger partial charge is 0.387 e. The quantitative estimate of drug-likeness (QED) is 0.715. The van der Waals surface area contributed by atoms with Crippen molar-refractivity contribution < 1.29 is 5.11 Å². The van der Waals surface area contributed by atoms with E-state index in [4.69, 9.17) is 5.73 Å². The fraction of sp³-hybridized carbons (Fsp3) is 0.583. The smallest absolute Gasteiger partial charge is 0.123 e. The van der Waals surface area contributed by atoms with Gasteiger partial charge < -0.3 is 16.2 Å². The van der Waals surface area contributed by atoms with Crippen LogP contribution in [0.2, 0.25) is 0 Å². The SMILES string of the molecule is Nc1ccc([C@@H](O)CNC2CCCC2)cn1. The van der Waals surface area contributed by atoms with Crippen LogP contribution in [0, 0.1) is 0 Å². The van der Waals surface area contributed by atoms with Crippen LogP contribution in [0.25, 0.3) is 0 Å². The highest BCUT2D eigenvalue weighted by atomic mass is 16.3. The predicted octanol–water partition coefficient (Wildman–Crippen LogP) is 1.23. The van der Waals surface area contributed by atoms with Crippen LogP contribution in [0.3, 0.4) is 0 Å². The molecule has 1 aromatic heterocycles. The van der Waals surface area contributed by atoms with Gasteiger partial charge in [-0.3, -0.25) is 0 Å². The predicted molar refractivity (Wildman–Crippen MR) is 63.9 cm³/mol. The first-order chi connectivity index (χ1) is 7.75. The van der Waals surface area contributed by atoms with Gasteiger partial charge in [0.2, 0.25) is 0 Å². The second kappa shape index (κ2) is 5.27. The van der Waals surface area contributed by atoms with Crippen molar-refractivity contribution in [2.45, 2.75) is 37.8 Å². The topological polar surface area (TPSA) is 71.2 Å². The number of nitrogens with one attached hydrogen (secondary N) is 1. The summed E-state index contributed by atoms with van der Waals surface area (Å²) in [7, 11) is 0. The molecular formula is C12H19N3O. The Hall–Kier alpha value is -1.13. The molecule has 0 radical (unpaired) electrons. The van der Waals surface area contributed by atoms with Gasteiger partial charge in [0.15, 0.2) is 0 Å². The van der Waals surface area contributed by atoms with Crippen LogP contribution < -0.4 is 11.1 Å². The minimum atomic E-state index is -0.492. The summed E-state index contributed by atoms with van der Waals surface area (Å²) in [5.41, 5.74) is 6.31. The van der Waals surface area contributed by atoms with E-state index < -0.39 is 6.10 Å². The minimum Gasteiger partial charge on any atom is -0.387 e. The number of aliphatic hydroxyl groups excluding tert-OH is 1. The maximum absolute atomic E-state index is 9.93. The summed E-state index contributed by atoms with van der Waals surface area (Å²) in [5.74, 6) is 0.486. The Morgan fingerprint density at radius 3 is 2.81 bits per heavy atom. The normalized spacial score (nSPS) is 18.8. The number of hydrogen-bond acceptors (Lipinski definition) is 4. The molecular weight excluding hydrogens is 202 g/mol. The van der Waals surface area contributed by atoms with Gasteiger partial charge >= 0.3 is 0 Å². The zero-order chi connectivity index (χ0) is 11.4. The lowest BCUT2D eigenvalue weighted by atomic mass is 10.1. The molecule has 1 atom stereocenters. The molecule has 1 aliphatic carbocycles. The van der Waals surface area contributed by atoms with Gasteiger partial charge in [-0.1, -0.05) is 18.9 Å². The lowest BCUT2D eigenvalue weighted by Crippen LogP contribution is -2.30. The summed E-state index contributed by atoms with van der Waals surface area (Å²) in [4.78, 5) is 3.97. The molecule has 1 fully saturated rings. The van der Waals surface area contributed by atoms with Gasteiger partial charge in [0.1, 0.15) is 5.82 Å². The van der Waals surface area contributed by atoms with Crippen LogP contribution in [0.5, 0.6) is 0 Å². The molecule has 0 saturated heterocycles. The zero-order valence-electron chi connectivity index (χ0n) is 9.39. The summed E-state index contributed by atoms with van der Waals surface area (Å²) in [6.07, 6.45) is 6.21. The lowest BCUT2D eigenvalue weighted by molar-refractivity contribution is 0.169. The van der Waals surface area contributed by atoms with Crippen LogP contribution >= 0.6 is 0 Å². The summed E-state index contributed by atoms with van der Waals surface area (Å²) in [6.45, 7) is 0.594. The fourth-order valence-corrected chi connectivity index (χ4v) is 2.14. The monoisotopic (exact) mass is 221 g/mol. The molecule has 1 aromatic rings. The van der Waals surface area contributed by atoms with Crippen LogP contribution in [-0.4, -0.2) is 22.7 Å². The lowest BCUT2D eigenvalue weighted by Gasteiger charge is -2.16. The molecule has 16 heavy (non-hydrogen) atoms. The van der Waals surface area contributed by atoms with Crippen molar-refractivity contribution in [2.24, 2.45) is 0 Å². The first-order valence-electron chi connectivity index (χ1n) is 5.88. The molecule has 1 aliphatic rings. The average molecular weight is 221 g/mol. The Morgan fingerprint density at radius 1 is 1.44 bits per heavy atom. The van der Waals surface area contributed by atoms with E-state index in [2.05, 4.69) is 10.3 Å². The van der Waals surface area contributed by atoms with E-state index in [1.165, 1.54) is 25.7 Å². The third-order valence-corrected chi connectivity index (χ3v) is 3.15. The molecule has 0 unspecified atom stereocenters. The summed E-state index contributed by atoms with van der Waals surface area (Å²) in [5, 5.41) is 13.3. The first kappa shape index (κ1) is 11.4. The number of aromatic nitrogens is 1. The number of pyridine rings is 1. The Kier molecular flexibility index (Phi) is 3.74. The van der Waals surface area contributed by atoms with Crippen LogP contribution in [0.4, 0.5) is 5.82 Å². The number of nitrogen functional groups attached to an aromatic ring is 1. The number of nitrogens with zero attached hydrogens (tertiary/aromatic N) is 1. The molecule has 0 spiro atoms. The van der Waals surface area contributed by atoms with Gasteiger partial charge in [0.25, 0.3) is 0 Å². The van der Waals surface area contributed by atoms with Crippen LogP contribution in [0.15, 0.2) is 18.3 Å². The fourth-order valence-electron chi connectivity index (χ4n) is 2.14. The molecule has 2 rings (SSSR count). The third kappa shape index (κ3) is 2.93. The molecule has 0 aromatic carbocycles. The molecule has 0 aliphatic heterocycles. The van der Waals surface area contributed by atoms with Gasteiger partial charge in [-0.15, -0.1) is 0 Å². The highest BCUT2D eigenvalue weighted by Gasteiger charge is 2.16. The van der Waals surface area contributed by atoms with Crippen molar-refractivity contribution in [2.75, 3.05) is 12.3 Å². The van der Waals surface area contributed by atoms with E-state index in [1.54, 1.807) is 12.3 Å². The number of nitrogens with two attached hydrogens (primary N) is 1. The Morgan fingerprint density at radius 2 is 2.19 bits per heavy atom. The zero-order valence-corrected chi connectivity index (χ0v) is 9.39. The molecule has 1 saturated carbocycles. The molecule has 4 heteroatoms. The maximum atomic E-state index is 9.93. The highest BCUT2D eigenvalue weighted by molar-refractivity contribution is 5.30. The van der Waals surface area contributed by atoms with Gasteiger partial charge in [-0.2, -0.15) is 0 Å². The van der Waals surface area contributed by atoms with E-state index in [0.717, 1.165) is 5.56 Å². The number of rotatable bonds is 4. The second-order valence-electron chi connectivity index (χ2n) is 4.42. The number of hydrogen-bond donors (Lipinski definition) is 3. The van der Waals surface area contributed by atoms with E-state index in [0.29, 0.717) is 18.4 Å². The molecule has 4 nitrogen and oxygen atoms in total. The minimum absolute atomic E-state index is 0.486.